The first-order valence-corrected chi connectivity index (χ1v) is 5.48. The van der Waals surface area contributed by atoms with Gasteiger partial charge in [0.2, 0.25) is 0 Å². The van der Waals surface area contributed by atoms with Gasteiger partial charge >= 0.3 is 0 Å². The number of thiazole rings is 1. The van der Waals surface area contributed by atoms with Gasteiger partial charge in [-0.15, -0.1) is 11.3 Å². The van der Waals surface area contributed by atoms with Crippen molar-refractivity contribution in [2.24, 2.45) is 5.41 Å². The molecule has 0 fully saturated rings. The van der Waals surface area contributed by atoms with Gasteiger partial charge in [0, 0.05) is 13.1 Å². The van der Waals surface area contributed by atoms with Crippen molar-refractivity contribution < 1.29 is 0 Å². The lowest BCUT2D eigenvalue weighted by molar-refractivity contribution is 0.379. The van der Waals surface area contributed by atoms with Crippen LogP contribution in [-0.4, -0.2) is 11.5 Å². The summed E-state index contributed by atoms with van der Waals surface area (Å²) < 4.78 is 0.757. The topological polar surface area (TPSA) is 24.9 Å². The normalized spacial score (nSPS) is 12.0. The second-order valence-electron chi connectivity index (χ2n) is 4.22. The van der Waals surface area contributed by atoms with Crippen molar-refractivity contribution in [3.05, 3.63) is 15.5 Å². The Morgan fingerprint density at radius 1 is 1.54 bits per heavy atom. The van der Waals surface area contributed by atoms with Gasteiger partial charge < -0.3 is 5.32 Å². The number of nitrogens with zero attached hydrogens (tertiary/aromatic N) is 1. The van der Waals surface area contributed by atoms with E-state index in [2.05, 4.69) is 31.1 Å². The third kappa shape index (κ3) is 4.60. The Kier molecular flexibility index (Phi) is 3.71. The second-order valence-corrected chi connectivity index (χ2v) is 5.97. The largest absolute Gasteiger partial charge is 0.310 e. The van der Waals surface area contributed by atoms with E-state index in [1.165, 1.54) is 11.3 Å². The highest BCUT2D eigenvalue weighted by Gasteiger charge is 2.09. The van der Waals surface area contributed by atoms with Crippen LogP contribution in [0.2, 0.25) is 4.34 Å². The Morgan fingerprint density at radius 2 is 2.23 bits per heavy atom. The average molecular weight is 219 g/mol. The zero-order valence-corrected chi connectivity index (χ0v) is 9.80. The minimum atomic E-state index is 0.320. The first-order valence-electron chi connectivity index (χ1n) is 4.28. The maximum atomic E-state index is 5.76. The average Bonchev–Trinajstić information content (AvgIpc) is 2.33. The van der Waals surface area contributed by atoms with E-state index in [-0.39, 0.29) is 0 Å². The molecule has 0 radical (unpaired) electrons. The SMILES string of the molecule is CC(C)(C)CNCc1ncc(Cl)s1. The molecule has 0 aromatic carbocycles. The number of halogens is 1. The van der Waals surface area contributed by atoms with Crippen LogP contribution in [0.3, 0.4) is 0 Å². The third-order valence-electron chi connectivity index (χ3n) is 1.46. The minimum Gasteiger partial charge on any atom is -0.310 e. The molecular formula is C9H15ClN2S. The second kappa shape index (κ2) is 4.40. The molecule has 0 aliphatic heterocycles. The molecule has 1 N–H and O–H groups in total. The molecule has 0 atom stereocenters. The van der Waals surface area contributed by atoms with Crippen LogP contribution in [-0.2, 0) is 6.54 Å². The summed E-state index contributed by atoms with van der Waals surface area (Å²) in [6.45, 7) is 8.41. The Labute approximate surface area is 88.3 Å². The van der Waals surface area contributed by atoms with Crippen LogP contribution in [0.4, 0.5) is 0 Å². The Hall–Kier alpha value is -0.120. The quantitative estimate of drug-likeness (QED) is 0.844. The first-order chi connectivity index (χ1) is 5.97. The van der Waals surface area contributed by atoms with Crippen LogP contribution in [0.1, 0.15) is 25.8 Å². The number of hydrogen-bond acceptors (Lipinski definition) is 3. The van der Waals surface area contributed by atoms with Gasteiger partial charge in [-0.05, 0) is 5.41 Å². The fraction of sp³-hybridized carbons (Fsp3) is 0.667. The summed E-state index contributed by atoms with van der Waals surface area (Å²) >= 11 is 7.29. The molecule has 0 bridgehead atoms. The van der Waals surface area contributed by atoms with E-state index in [9.17, 15) is 0 Å². The zero-order chi connectivity index (χ0) is 9.90. The Morgan fingerprint density at radius 3 is 2.69 bits per heavy atom. The number of aromatic nitrogens is 1. The Bertz CT molecular complexity index is 265. The van der Waals surface area contributed by atoms with Gasteiger partial charge in [-0.3, -0.25) is 0 Å². The Balaban J connectivity index is 2.28. The fourth-order valence-electron chi connectivity index (χ4n) is 0.914. The molecule has 0 saturated carbocycles. The number of rotatable bonds is 3. The van der Waals surface area contributed by atoms with Crippen molar-refractivity contribution in [2.45, 2.75) is 27.3 Å². The zero-order valence-electron chi connectivity index (χ0n) is 8.22. The van der Waals surface area contributed by atoms with Gasteiger partial charge in [-0.1, -0.05) is 32.4 Å². The van der Waals surface area contributed by atoms with E-state index < -0.39 is 0 Å². The summed E-state index contributed by atoms with van der Waals surface area (Å²) in [5.74, 6) is 0. The van der Waals surface area contributed by atoms with E-state index in [0.29, 0.717) is 5.41 Å². The molecule has 2 nitrogen and oxygen atoms in total. The molecule has 0 aliphatic carbocycles. The first kappa shape index (κ1) is 11.0. The summed E-state index contributed by atoms with van der Waals surface area (Å²) in [6.07, 6.45) is 1.69. The monoisotopic (exact) mass is 218 g/mol. The van der Waals surface area contributed by atoms with Crippen LogP contribution in [0, 0.1) is 5.41 Å². The van der Waals surface area contributed by atoms with Crippen LogP contribution in [0.25, 0.3) is 0 Å². The molecule has 1 heterocycles. The standard InChI is InChI=1S/C9H15ClN2S/c1-9(2,3)6-11-5-8-12-4-7(10)13-8/h4,11H,5-6H2,1-3H3. The van der Waals surface area contributed by atoms with Gasteiger partial charge in [0.05, 0.1) is 6.20 Å². The van der Waals surface area contributed by atoms with E-state index in [0.717, 1.165) is 22.4 Å². The van der Waals surface area contributed by atoms with Gasteiger partial charge in [0.1, 0.15) is 9.34 Å². The fourth-order valence-corrected chi connectivity index (χ4v) is 1.84. The summed E-state index contributed by atoms with van der Waals surface area (Å²) in [7, 11) is 0. The predicted octanol–water partition coefficient (Wildman–Crippen LogP) is 2.93. The predicted molar refractivity (Wildman–Crippen MR) is 58.3 cm³/mol. The molecule has 4 heteroatoms. The minimum absolute atomic E-state index is 0.320. The summed E-state index contributed by atoms with van der Waals surface area (Å²) in [4.78, 5) is 4.16. The molecule has 0 aliphatic rings. The maximum Gasteiger partial charge on any atom is 0.113 e. The molecule has 0 amide bonds. The highest BCUT2D eigenvalue weighted by atomic mass is 35.5. The maximum absolute atomic E-state index is 5.76. The molecule has 1 rings (SSSR count). The van der Waals surface area contributed by atoms with Gasteiger partial charge in [0.15, 0.2) is 0 Å². The lowest BCUT2D eigenvalue weighted by Crippen LogP contribution is -2.26. The highest BCUT2D eigenvalue weighted by molar-refractivity contribution is 7.15. The molecule has 74 valence electrons. The van der Waals surface area contributed by atoms with Crippen LogP contribution < -0.4 is 5.32 Å². The number of nitrogens with one attached hydrogen (secondary N) is 1. The van der Waals surface area contributed by atoms with E-state index in [4.69, 9.17) is 11.6 Å². The van der Waals surface area contributed by atoms with Gasteiger partial charge in [0.25, 0.3) is 0 Å². The van der Waals surface area contributed by atoms with Crippen molar-refractivity contribution in [1.29, 1.82) is 0 Å². The molecule has 0 unspecified atom stereocenters. The van der Waals surface area contributed by atoms with E-state index >= 15 is 0 Å². The number of hydrogen-bond donors (Lipinski definition) is 1. The molecule has 1 aromatic heterocycles. The van der Waals surface area contributed by atoms with Crippen molar-refractivity contribution in [3.63, 3.8) is 0 Å². The molecular weight excluding hydrogens is 204 g/mol. The lowest BCUT2D eigenvalue weighted by Gasteiger charge is -2.17. The van der Waals surface area contributed by atoms with Crippen LogP contribution in [0.15, 0.2) is 6.20 Å². The summed E-state index contributed by atoms with van der Waals surface area (Å²) in [5.41, 5.74) is 0.320. The lowest BCUT2D eigenvalue weighted by atomic mass is 9.97. The van der Waals surface area contributed by atoms with Crippen molar-refractivity contribution in [2.75, 3.05) is 6.54 Å². The van der Waals surface area contributed by atoms with Gasteiger partial charge in [-0.2, -0.15) is 0 Å². The van der Waals surface area contributed by atoms with Crippen molar-refractivity contribution in [3.8, 4) is 0 Å². The molecule has 13 heavy (non-hydrogen) atoms. The van der Waals surface area contributed by atoms with Crippen molar-refractivity contribution in [1.82, 2.24) is 10.3 Å². The smallest absolute Gasteiger partial charge is 0.113 e. The molecule has 0 saturated heterocycles. The molecule has 0 spiro atoms. The summed E-state index contributed by atoms with van der Waals surface area (Å²) in [6, 6.07) is 0. The molecule has 1 aromatic rings. The van der Waals surface area contributed by atoms with Gasteiger partial charge in [-0.25, -0.2) is 4.98 Å². The summed E-state index contributed by atoms with van der Waals surface area (Å²) in [5, 5.41) is 4.39. The highest BCUT2D eigenvalue weighted by Crippen LogP contribution is 2.18. The third-order valence-corrected chi connectivity index (χ3v) is 2.57. The van der Waals surface area contributed by atoms with E-state index in [1.807, 2.05) is 0 Å². The van der Waals surface area contributed by atoms with Crippen molar-refractivity contribution >= 4 is 22.9 Å². The van der Waals surface area contributed by atoms with Crippen LogP contribution >= 0.6 is 22.9 Å². The van der Waals surface area contributed by atoms with E-state index in [1.54, 1.807) is 6.20 Å². The van der Waals surface area contributed by atoms with Crippen LogP contribution in [0.5, 0.6) is 0 Å².